The zero-order chi connectivity index (χ0) is 14.8. The van der Waals surface area contributed by atoms with E-state index in [-0.39, 0.29) is 12.4 Å². The monoisotopic (exact) mass is 318 g/mol. The molecule has 2 aromatic rings. The van der Waals surface area contributed by atoms with Crippen LogP contribution < -0.4 is 11.1 Å². The number of furan rings is 1. The zero-order valence-electron chi connectivity index (χ0n) is 11.4. The number of carbonyl (C=O) groups excluding carboxylic acids is 1. The molecule has 1 unspecified atom stereocenters. The molecule has 2 rings (SSSR count). The van der Waals surface area contributed by atoms with E-state index in [1.165, 1.54) is 0 Å². The fourth-order valence-corrected chi connectivity index (χ4v) is 1.79. The maximum Gasteiger partial charge on any atom is 0.277 e. The van der Waals surface area contributed by atoms with Crippen molar-refractivity contribution in [3.63, 3.8) is 0 Å². The van der Waals surface area contributed by atoms with Gasteiger partial charge in [0.15, 0.2) is 0 Å². The number of nitrogens with one attached hydrogen (secondary N) is 1. The number of amides is 1. The van der Waals surface area contributed by atoms with Gasteiger partial charge in [-0.3, -0.25) is 4.79 Å². The summed E-state index contributed by atoms with van der Waals surface area (Å²) in [5.74, 6) is -3.81. The quantitative estimate of drug-likeness (QED) is 0.890. The summed E-state index contributed by atoms with van der Waals surface area (Å²) in [6, 6.07) is 9.05. The van der Waals surface area contributed by atoms with Gasteiger partial charge in [0.05, 0.1) is 19.0 Å². The van der Waals surface area contributed by atoms with Crippen LogP contribution in [0.2, 0.25) is 0 Å². The van der Waals surface area contributed by atoms with Gasteiger partial charge in [-0.05, 0) is 19.1 Å². The summed E-state index contributed by atoms with van der Waals surface area (Å²) in [4.78, 5) is 11.8. The summed E-state index contributed by atoms with van der Waals surface area (Å²) in [6.07, 6.45) is 0. The molecule has 0 fully saturated rings. The van der Waals surface area contributed by atoms with Crippen LogP contribution in [0.4, 0.5) is 8.78 Å². The highest BCUT2D eigenvalue weighted by atomic mass is 35.5. The molecule has 0 aliphatic carbocycles. The molecule has 1 amide bonds. The molecule has 116 valence electrons. The standard InChI is InChI=1S/C14H16F2N2O2.ClH/c1-9(13(19)18-8-14(15,16)7-17)12-6-10-4-2-3-5-11(10)20-12;/h2-6,9H,7-8,17H2,1H3,(H,18,19);1H. The van der Waals surface area contributed by atoms with Crippen LogP contribution in [0.15, 0.2) is 34.7 Å². The van der Waals surface area contributed by atoms with Gasteiger partial charge in [-0.2, -0.15) is 0 Å². The summed E-state index contributed by atoms with van der Waals surface area (Å²) >= 11 is 0. The molecule has 0 aliphatic rings. The number of hydrogen-bond acceptors (Lipinski definition) is 3. The average Bonchev–Trinajstić information content (AvgIpc) is 2.87. The second kappa shape index (κ2) is 6.87. The minimum atomic E-state index is -3.09. The number of fused-ring (bicyclic) bond motifs is 1. The van der Waals surface area contributed by atoms with Gasteiger partial charge in [-0.1, -0.05) is 18.2 Å². The molecule has 3 N–H and O–H groups in total. The molecule has 0 saturated heterocycles. The van der Waals surface area contributed by atoms with E-state index in [4.69, 9.17) is 10.2 Å². The molecule has 0 bridgehead atoms. The highest BCUT2D eigenvalue weighted by Gasteiger charge is 2.29. The first-order valence-corrected chi connectivity index (χ1v) is 6.27. The lowest BCUT2D eigenvalue weighted by Crippen LogP contribution is -2.42. The Balaban J connectivity index is 0.00000220. The number of nitrogens with two attached hydrogens (primary N) is 1. The van der Waals surface area contributed by atoms with Crippen molar-refractivity contribution in [3.05, 3.63) is 36.1 Å². The Kier molecular flexibility index (Phi) is 5.69. The van der Waals surface area contributed by atoms with E-state index in [0.717, 1.165) is 5.39 Å². The molecule has 21 heavy (non-hydrogen) atoms. The Labute approximate surface area is 127 Å². The first-order valence-electron chi connectivity index (χ1n) is 6.27. The highest BCUT2D eigenvalue weighted by Crippen LogP contribution is 2.25. The van der Waals surface area contributed by atoms with Gasteiger partial charge < -0.3 is 15.5 Å². The van der Waals surface area contributed by atoms with E-state index in [9.17, 15) is 13.6 Å². The van der Waals surface area contributed by atoms with E-state index >= 15 is 0 Å². The molecule has 0 aliphatic heterocycles. The largest absolute Gasteiger partial charge is 0.460 e. The van der Waals surface area contributed by atoms with Crippen molar-refractivity contribution in [3.8, 4) is 0 Å². The predicted octanol–water partition coefficient (Wildman–Crippen LogP) is 2.67. The summed E-state index contributed by atoms with van der Waals surface area (Å²) < 4.78 is 31.5. The lowest BCUT2D eigenvalue weighted by molar-refractivity contribution is -0.124. The zero-order valence-corrected chi connectivity index (χ0v) is 12.3. The molecule has 1 aromatic carbocycles. The number of halogens is 3. The Morgan fingerprint density at radius 2 is 2.10 bits per heavy atom. The number of benzene rings is 1. The third kappa shape index (κ3) is 4.15. The summed E-state index contributed by atoms with van der Waals surface area (Å²) in [6.45, 7) is 0.0346. The smallest absolute Gasteiger partial charge is 0.277 e. The van der Waals surface area contributed by atoms with Gasteiger partial charge in [0.25, 0.3) is 5.92 Å². The Morgan fingerprint density at radius 3 is 2.71 bits per heavy atom. The first kappa shape index (κ1) is 17.4. The maximum atomic E-state index is 13.0. The number of rotatable bonds is 5. The van der Waals surface area contributed by atoms with Crippen molar-refractivity contribution in [2.75, 3.05) is 13.1 Å². The van der Waals surface area contributed by atoms with Gasteiger partial charge in [-0.25, -0.2) is 8.78 Å². The van der Waals surface area contributed by atoms with E-state index in [0.29, 0.717) is 11.3 Å². The van der Waals surface area contributed by atoms with Gasteiger partial charge in [0.2, 0.25) is 5.91 Å². The maximum absolute atomic E-state index is 13.0. The molecule has 0 saturated carbocycles. The minimum Gasteiger partial charge on any atom is -0.460 e. The minimum absolute atomic E-state index is 0. The first-order chi connectivity index (χ1) is 9.43. The Morgan fingerprint density at radius 1 is 1.43 bits per heavy atom. The highest BCUT2D eigenvalue weighted by molar-refractivity contribution is 5.85. The van der Waals surface area contributed by atoms with Crippen LogP contribution in [0.1, 0.15) is 18.6 Å². The fraction of sp³-hybridized carbons (Fsp3) is 0.357. The van der Waals surface area contributed by atoms with E-state index in [1.54, 1.807) is 19.1 Å². The van der Waals surface area contributed by atoms with Gasteiger partial charge in [0, 0.05) is 5.39 Å². The summed E-state index contributed by atoms with van der Waals surface area (Å²) in [5.41, 5.74) is 5.57. The number of hydrogen-bond donors (Lipinski definition) is 2. The van der Waals surface area contributed by atoms with Crippen LogP contribution in [0, 0.1) is 0 Å². The molecule has 1 atom stereocenters. The molecule has 1 aromatic heterocycles. The summed E-state index contributed by atoms with van der Waals surface area (Å²) in [7, 11) is 0. The van der Waals surface area contributed by atoms with Crippen LogP contribution in [-0.2, 0) is 4.79 Å². The number of para-hydroxylation sites is 1. The molecule has 0 spiro atoms. The van der Waals surface area contributed by atoms with Crippen molar-refractivity contribution in [2.45, 2.75) is 18.8 Å². The van der Waals surface area contributed by atoms with Crippen molar-refractivity contribution in [1.82, 2.24) is 5.32 Å². The number of carbonyl (C=O) groups is 1. The van der Waals surface area contributed by atoms with Crippen LogP contribution in [-0.4, -0.2) is 24.9 Å². The van der Waals surface area contributed by atoms with Crippen molar-refractivity contribution in [1.29, 1.82) is 0 Å². The lowest BCUT2D eigenvalue weighted by atomic mass is 10.1. The van der Waals surface area contributed by atoms with Crippen molar-refractivity contribution in [2.24, 2.45) is 5.73 Å². The average molecular weight is 319 g/mol. The van der Waals surface area contributed by atoms with Crippen LogP contribution in [0.3, 0.4) is 0 Å². The van der Waals surface area contributed by atoms with Gasteiger partial charge in [0.1, 0.15) is 11.3 Å². The Hall–Kier alpha value is -1.66. The van der Waals surface area contributed by atoms with E-state index in [2.05, 4.69) is 5.32 Å². The predicted molar refractivity (Wildman–Crippen MR) is 78.9 cm³/mol. The lowest BCUT2D eigenvalue weighted by Gasteiger charge is -2.16. The van der Waals surface area contributed by atoms with Gasteiger partial charge in [-0.15, -0.1) is 12.4 Å². The van der Waals surface area contributed by atoms with Crippen LogP contribution >= 0.6 is 12.4 Å². The SMILES string of the molecule is CC(C(=O)NCC(F)(F)CN)c1cc2ccccc2o1.Cl. The molecule has 0 radical (unpaired) electrons. The normalized spacial score (nSPS) is 12.8. The fourth-order valence-electron chi connectivity index (χ4n) is 1.79. The third-order valence-electron chi connectivity index (χ3n) is 3.08. The molecule has 1 heterocycles. The second-order valence-corrected chi connectivity index (χ2v) is 4.69. The molecule has 7 heteroatoms. The third-order valence-corrected chi connectivity index (χ3v) is 3.08. The van der Waals surface area contributed by atoms with Crippen LogP contribution in [0.5, 0.6) is 0 Å². The van der Waals surface area contributed by atoms with E-state index < -0.39 is 30.8 Å². The molecular formula is C14H17ClF2N2O2. The second-order valence-electron chi connectivity index (χ2n) is 4.69. The van der Waals surface area contributed by atoms with Crippen molar-refractivity contribution < 1.29 is 18.0 Å². The van der Waals surface area contributed by atoms with Crippen LogP contribution in [0.25, 0.3) is 11.0 Å². The van der Waals surface area contributed by atoms with E-state index in [1.807, 2.05) is 18.2 Å². The number of alkyl halides is 2. The molecular weight excluding hydrogens is 302 g/mol. The summed E-state index contributed by atoms with van der Waals surface area (Å²) in [5, 5.41) is 3.06. The van der Waals surface area contributed by atoms with Crippen molar-refractivity contribution >= 4 is 29.3 Å². The topological polar surface area (TPSA) is 68.3 Å². The van der Waals surface area contributed by atoms with Gasteiger partial charge >= 0.3 is 0 Å². The molecule has 4 nitrogen and oxygen atoms in total. The Bertz CT molecular complexity index is 583.